The highest BCUT2D eigenvalue weighted by Crippen LogP contribution is 2.32. The van der Waals surface area contributed by atoms with Crippen LogP contribution in [0.15, 0.2) is 70.0 Å². The highest BCUT2D eigenvalue weighted by atomic mass is 32.2. The number of carboxylic acid groups (broad SMARTS) is 1. The van der Waals surface area contributed by atoms with Gasteiger partial charge in [-0.3, -0.25) is 4.72 Å². The number of aromatic carboxylic acids is 1. The first-order valence-corrected chi connectivity index (χ1v) is 8.87. The maximum atomic E-state index is 12.6. The Balaban J connectivity index is 2.04. The summed E-state index contributed by atoms with van der Waals surface area (Å²) in [6.45, 7) is 1.83. The van der Waals surface area contributed by atoms with Crippen molar-refractivity contribution in [3.8, 4) is 11.3 Å². The van der Waals surface area contributed by atoms with Gasteiger partial charge in [0.05, 0.1) is 10.6 Å². The van der Waals surface area contributed by atoms with Crippen LogP contribution in [0.3, 0.4) is 0 Å². The molecule has 0 aliphatic rings. The summed E-state index contributed by atoms with van der Waals surface area (Å²) in [5, 5.41) is 8.99. The maximum Gasteiger partial charge on any atom is 0.371 e. The molecule has 25 heavy (non-hydrogen) atoms. The van der Waals surface area contributed by atoms with Crippen LogP contribution in [0.2, 0.25) is 0 Å². The van der Waals surface area contributed by atoms with Crippen molar-refractivity contribution in [2.45, 2.75) is 11.8 Å². The third-order valence-electron chi connectivity index (χ3n) is 3.56. The second-order valence-electron chi connectivity index (χ2n) is 5.44. The molecule has 0 aliphatic heterocycles. The number of aryl methyl sites for hydroxylation is 1. The van der Waals surface area contributed by atoms with Crippen molar-refractivity contribution in [1.82, 2.24) is 0 Å². The third kappa shape index (κ3) is 3.56. The molecule has 128 valence electrons. The summed E-state index contributed by atoms with van der Waals surface area (Å²) in [6, 6.07) is 15.9. The number of hydrogen-bond donors (Lipinski definition) is 2. The predicted molar refractivity (Wildman–Crippen MR) is 93.1 cm³/mol. The zero-order chi connectivity index (χ0) is 18.0. The summed E-state index contributed by atoms with van der Waals surface area (Å²) >= 11 is 0. The molecule has 0 saturated carbocycles. The summed E-state index contributed by atoms with van der Waals surface area (Å²) in [5.41, 5.74) is 1.62. The third-order valence-corrected chi connectivity index (χ3v) is 4.94. The molecule has 3 aromatic rings. The average Bonchev–Trinajstić information content (AvgIpc) is 3.05. The van der Waals surface area contributed by atoms with Crippen molar-refractivity contribution in [3.63, 3.8) is 0 Å². The molecule has 0 saturated heterocycles. The number of anilines is 1. The molecule has 1 aromatic heterocycles. The van der Waals surface area contributed by atoms with E-state index in [0.29, 0.717) is 11.3 Å². The van der Waals surface area contributed by atoms with E-state index in [1.165, 1.54) is 24.3 Å². The van der Waals surface area contributed by atoms with E-state index in [-0.39, 0.29) is 16.4 Å². The van der Waals surface area contributed by atoms with Gasteiger partial charge in [-0.25, -0.2) is 13.2 Å². The van der Waals surface area contributed by atoms with Gasteiger partial charge in [0.15, 0.2) is 0 Å². The molecule has 0 fully saturated rings. The van der Waals surface area contributed by atoms with E-state index in [0.717, 1.165) is 5.56 Å². The molecule has 0 atom stereocenters. The van der Waals surface area contributed by atoms with Crippen molar-refractivity contribution in [3.05, 3.63) is 72.0 Å². The summed E-state index contributed by atoms with van der Waals surface area (Å²) in [7, 11) is -3.78. The first-order valence-electron chi connectivity index (χ1n) is 7.39. The zero-order valence-electron chi connectivity index (χ0n) is 13.3. The molecule has 0 aliphatic carbocycles. The number of carbonyl (C=O) groups is 1. The van der Waals surface area contributed by atoms with E-state index in [4.69, 9.17) is 9.52 Å². The van der Waals surface area contributed by atoms with Crippen molar-refractivity contribution >= 4 is 21.7 Å². The Kier molecular flexibility index (Phi) is 4.33. The normalized spacial score (nSPS) is 11.2. The Morgan fingerprint density at radius 2 is 1.76 bits per heavy atom. The number of carboxylic acids is 1. The molecule has 1 heterocycles. The van der Waals surface area contributed by atoms with Gasteiger partial charge in [-0.15, -0.1) is 0 Å². The highest BCUT2D eigenvalue weighted by Gasteiger charge is 2.19. The molecule has 0 spiro atoms. The fourth-order valence-electron chi connectivity index (χ4n) is 2.36. The largest absolute Gasteiger partial charge is 0.475 e. The predicted octanol–water partition coefficient (Wildman–Crippen LogP) is 3.75. The van der Waals surface area contributed by atoms with Crippen LogP contribution >= 0.6 is 0 Å². The summed E-state index contributed by atoms with van der Waals surface area (Å²) in [4.78, 5) is 11.1. The topological polar surface area (TPSA) is 96.6 Å². The molecule has 0 unspecified atom stereocenters. The van der Waals surface area contributed by atoms with Crippen LogP contribution in [0.5, 0.6) is 0 Å². The van der Waals surface area contributed by atoms with Crippen molar-refractivity contribution in [2.75, 3.05) is 4.72 Å². The SMILES string of the molecule is Cc1ccc(-c2ccc(C(=O)O)o2)c(NS(=O)(=O)c2ccccc2)c1. The van der Waals surface area contributed by atoms with Gasteiger partial charge in [0, 0.05) is 5.56 Å². The summed E-state index contributed by atoms with van der Waals surface area (Å²) in [5.74, 6) is -1.14. The molecule has 0 radical (unpaired) electrons. The van der Waals surface area contributed by atoms with Gasteiger partial charge in [0.2, 0.25) is 5.76 Å². The van der Waals surface area contributed by atoms with E-state index in [1.807, 2.05) is 6.92 Å². The quantitative estimate of drug-likeness (QED) is 0.725. The minimum atomic E-state index is -3.78. The van der Waals surface area contributed by atoms with Crippen molar-refractivity contribution in [1.29, 1.82) is 0 Å². The molecule has 7 heteroatoms. The lowest BCUT2D eigenvalue weighted by Crippen LogP contribution is -2.13. The molecule has 3 rings (SSSR count). The Hall–Kier alpha value is -3.06. The van der Waals surface area contributed by atoms with Gasteiger partial charge in [-0.2, -0.15) is 0 Å². The molecule has 2 N–H and O–H groups in total. The van der Waals surface area contributed by atoms with E-state index < -0.39 is 16.0 Å². The van der Waals surface area contributed by atoms with Gasteiger partial charge < -0.3 is 9.52 Å². The fourth-order valence-corrected chi connectivity index (χ4v) is 3.45. The maximum absolute atomic E-state index is 12.6. The zero-order valence-corrected chi connectivity index (χ0v) is 14.1. The Labute approximate surface area is 144 Å². The highest BCUT2D eigenvalue weighted by molar-refractivity contribution is 7.92. The second kappa shape index (κ2) is 6.45. The number of sulfonamides is 1. The van der Waals surface area contributed by atoms with Crippen LogP contribution in [0.25, 0.3) is 11.3 Å². The Morgan fingerprint density at radius 3 is 2.40 bits per heavy atom. The molecule has 6 nitrogen and oxygen atoms in total. The smallest absolute Gasteiger partial charge is 0.371 e. The minimum Gasteiger partial charge on any atom is -0.475 e. The van der Waals surface area contributed by atoms with Gasteiger partial charge in [-0.05, 0) is 48.9 Å². The lowest BCUT2D eigenvalue weighted by atomic mass is 10.1. The van der Waals surface area contributed by atoms with E-state index >= 15 is 0 Å². The molecule has 0 amide bonds. The van der Waals surface area contributed by atoms with Gasteiger partial charge in [0.25, 0.3) is 10.0 Å². The van der Waals surface area contributed by atoms with Crippen molar-refractivity contribution in [2.24, 2.45) is 0 Å². The fraction of sp³-hybridized carbons (Fsp3) is 0.0556. The Bertz CT molecular complexity index is 1020. The first kappa shape index (κ1) is 16.8. The van der Waals surface area contributed by atoms with Crippen LogP contribution in [0, 0.1) is 6.92 Å². The summed E-state index contributed by atoms with van der Waals surface area (Å²) in [6.07, 6.45) is 0. The molecule has 2 aromatic carbocycles. The standard InChI is InChI=1S/C18H15NO5S/c1-12-7-8-14(16-9-10-17(24-16)18(20)21)15(11-12)19-25(22,23)13-5-3-2-4-6-13/h2-11,19H,1H3,(H,20,21). The number of nitrogens with one attached hydrogen (secondary N) is 1. The van der Waals surface area contributed by atoms with E-state index in [9.17, 15) is 13.2 Å². The van der Waals surface area contributed by atoms with Crippen LogP contribution in [-0.4, -0.2) is 19.5 Å². The Morgan fingerprint density at radius 1 is 1.04 bits per heavy atom. The van der Waals surface area contributed by atoms with Gasteiger partial charge in [0.1, 0.15) is 5.76 Å². The van der Waals surface area contributed by atoms with Gasteiger partial charge >= 0.3 is 5.97 Å². The molecular formula is C18H15NO5S. The molecule has 0 bridgehead atoms. The molecular weight excluding hydrogens is 342 g/mol. The lowest BCUT2D eigenvalue weighted by molar-refractivity contribution is 0.0663. The van der Waals surface area contributed by atoms with Crippen molar-refractivity contribution < 1.29 is 22.7 Å². The summed E-state index contributed by atoms with van der Waals surface area (Å²) < 4.78 is 33.0. The van der Waals surface area contributed by atoms with Crippen LogP contribution < -0.4 is 4.72 Å². The lowest BCUT2D eigenvalue weighted by Gasteiger charge is -2.12. The minimum absolute atomic E-state index is 0.133. The van der Waals surface area contributed by atoms with Crippen LogP contribution in [0.4, 0.5) is 5.69 Å². The average molecular weight is 357 g/mol. The second-order valence-corrected chi connectivity index (χ2v) is 7.12. The van der Waals surface area contributed by atoms with E-state index in [2.05, 4.69) is 4.72 Å². The monoisotopic (exact) mass is 357 g/mol. The van der Waals surface area contributed by atoms with Gasteiger partial charge in [-0.1, -0.05) is 24.3 Å². The number of rotatable bonds is 5. The number of furan rings is 1. The van der Waals surface area contributed by atoms with Crippen LogP contribution in [0.1, 0.15) is 16.1 Å². The van der Waals surface area contributed by atoms with E-state index in [1.54, 1.807) is 36.4 Å². The van der Waals surface area contributed by atoms with Crippen LogP contribution in [-0.2, 0) is 10.0 Å². The number of benzene rings is 2. The first-order chi connectivity index (χ1) is 11.9. The number of hydrogen-bond acceptors (Lipinski definition) is 4.